The second-order valence-electron chi connectivity index (χ2n) is 6.70. The van der Waals surface area contributed by atoms with Crippen LogP contribution in [-0.2, 0) is 27.3 Å². The second-order valence-corrected chi connectivity index (χ2v) is 6.70. The third-order valence-electron chi connectivity index (χ3n) is 4.64. The van der Waals surface area contributed by atoms with E-state index in [-0.39, 0.29) is 18.9 Å². The monoisotopic (exact) mass is 365 g/mol. The van der Waals surface area contributed by atoms with Gasteiger partial charge in [-0.25, -0.2) is 4.79 Å². The third kappa shape index (κ3) is 4.61. The zero-order chi connectivity index (χ0) is 19.2. The number of nitrogens with zero attached hydrogens (tertiary/aromatic N) is 1. The van der Waals surface area contributed by atoms with Crippen molar-refractivity contribution in [1.82, 2.24) is 4.90 Å². The summed E-state index contributed by atoms with van der Waals surface area (Å²) in [7, 11) is 0. The van der Waals surface area contributed by atoms with E-state index in [4.69, 9.17) is 4.74 Å². The Bertz CT molecular complexity index is 814. The zero-order valence-corrected chi connectivity index (χ0v) is 15.4. The number of rotatable bonds is 7. The average Bonchev–Trinajstić information content (AvgIpc) is 2.95. The van der Waals surface area contributed by atoms with Gasteiger partial charge in [0.1, 0.15) is 0 Å². The molecule has 1 atom stereocenters. The number of hydrogen-bond donors (Lipinski definition) is 0. The molecule has 0 N–H and O–H groups in total. The van der Waals surface area contributed by atoms with Gasteiger partial charge in [0.15, 0.2) is 6.10 Å². The average molecular weight is 365 g/mol. The molecule has 0 aliphatic carbocycles. The summed E-state index contributed by atoms with van der Waals surface area (Å²) in [4.78, 5) is 38.2. The van der Waals surface area contributed by atoms with Gasteiger partial charge in [0.05, 0.1) is 18.5 Å². The maximum absolute atomic E-state index is 12.5. The maximum Gasteiger partial charge on any atom is 0.338 e. The number of imide groups is 1. The Morgan fingerprint density at radius 1 is 1.04 bits per heavy atom. The van der Waals surface area contributed by atoms with Gasteiger partial charge < -0.3 is 4.74 Å². The van der Waals surface area contributed by atoms with Crippen molar-refractivity contribution in [3.8, 4) is 0 Å². The van der Waals surface area contributed by atoms with Crippen molar-refractivity contribution in [1.29, 1.82) is 0 Å². The first kappa shape index (κ1) is 18.8. The SMILES string of the molecule is CCCCc1ccc(C(=O)OC2CC(=O)N(Cc3ccccc3)C2=O)cc1. The van der Waals surface area contributed by atoms with Crippen LogP contribution in [0.25, 0.3) is 0 Å². The molecule has 0 saturated carbocycles. The van der Waals surface area contributed by atoms with Gasteiger partial charge in [0.25, 0.3) is 5.91 Å². The van der Waals surface area contributed by atoms with Crippen LogP contribution in [0.4, 0.5) is 0 Å². The summed E-state index contributed by atoms with van der Waals surface area (Å²) >= 11 is 0. The molecule has 2 amide bonds. The first-order valence-electron chi connectivity index (χ1n) is 9.26. The van der Waals surface area contributed by atoms with Gasteiger partial charge in [-0.3, -0.25) is 14.5 Å². The molecule has 0 bridgehead atoms. The summed E-state index contributed by atoms with van der Waals surface area (Å²) < 4.78 is 5.32. The van der Waals surface area contributed by atoms with Crippen LogP contribution < -0.4 is 0 Å². The van der Waals surface area contributed by atoms with Crippen LogP contribution in [0.2, 0.25) is 0 Å². The molecule has 1 aliphatic rings. The largest absolute Gasteiger partial charge is 0.448 e. The summed E-state index contributed by atoms with van der Waals surface area (Å²) in [5.74, 6) is -1.36. The summed E-state index contributed by atoms with van der Waals surface area (Å²) in [6.45, 7) is 2.32. The number of benzene rings is 2. The highest BCUT2D eigenvalue weighted by Crippen LogP contribution is 2.20. The molecule has 1 aliphatic heterocycles. The van der Waals surface area contributed by atoms with Crippen molar-refractivity contribution in [3.63, 3.8) is 0 Å². The van der Waals surface area contributed by atoms with Crippen molar-refractivity contribution in [2.45, 2.75) is 45.3 Å². The van der Waals surface area contributed by atoms with E-state index in [2.05, 4.69) is 6.92 Å². The van der Waals surface area contributed by atoms with Gasteiger partial charge in [-0.05, 0) is 36.1 Å². The number of aryl methyl sites for hydroxylation is 1. The predicted octanol–water partition coefficient (Wildman–Crippen LogP) is 3.51. The Morgan fingerprint density at radius 3 is 2.41 bits per heavy atom. The van der Waals surface area contributed by atoms with Gasteiger partial charge in [-0.15, -0.1) is 0 Å². The smallest absolute Gasteiger partial charge is 0.338 e. The molecule has 3 rings (SSSR count). The number of ether oxygens (including phenoxy) is 1. The van der Waals surface area contributed by atoms with E-state index in [0.29, 0.717) is 5.56 Å². The lowest BCUT2D eigenvalue weighted by Crippen LogP contribution is -2.33. The minimum atomic E-state index is -1.05. The maximum atomic E-state index is 12.5. The molecular formula is C22H23NO4. The molecule has 0 radical (unpaired) electrons. The highest BCUT2D eigenvalue weighted by molar-refractivity contribution is 6.06. The molecular weight excluding hydrogens is 342 g/mol. The fourth-order valence-electron chi connectivity index (χ4n) is 3.06. The van der Waals surface area contributed by atoms with Gasteiger partial charge in [-0.1, -0.05) is 55.8 Å². The molecule has 27 heavy (non-hydrogen) atoms. The van der Waals surface area contributed by atoms with Crippen LogP contribution in [0, 0.1) is 0 Å². The van der Waals surface area contributed by atoms with Crippen LogP contribution in [0.15, 0.2) is 54.6 Å². The van der Waals surface area contributed by atoms with E-state index in [1.807, 2.05) is 42.5 Å². The van der Waals surface area contributed by atoms with Crippen LogP contribution in [0.3, 0.4) is 0 Å². The fourth-order valence-corrected chi connectivity index (χ4v) is 3.06. The van der Waals surface area contributed by atoms with E-state index < -0.39 is 18.0 Å². The highest BCUT2D eigenvalue weighted by atomic mass is 16.5. The number of unbranched alkanes of at least 4 members (excludes halogenated alkanes) is 1. The molecule has 1 saturated heterocycles. The van der Waals surface area contributed by atoms with Gasteiger partial charge in [0, 0.05) is 0 Å². The lowest BCUT2D eigenvalue weighted by atomic mass is 10.1. The Labute approximate surface area is 158 Å². The lowest BCUT2D eigenvalue weighted by molar-refractivity contribution is -0.141. The molecule has 1 heterocycles. The highest BCUT2D eigenvalue weighted by Gasteiger charge is 2.41. The molecule has 1 fully saturated rings. The molecule has 1 unspecified atom stereocenters. The van der Waals surface area contributed by atoms with E-state index in [0.717, 1.165) is 35.3 Å². The second kappa shape index (κ2) is 8.62. The van der Waals surface area contributed by atoms with E-state index in [1.165, 1.54) is 0 Å². The lowest BCUT2D eigenvalue weighted by Gasteiger charge is -2.15. The number of likely N-dealkylation sites (tertiary alicyclic amines) is 1. The van der Waals surface area contributed by atoms with Crippen molar-refractivity contribution in [3.05, 3.63) is 71.3 Å². The summed E-state index contributed by atoms with van der Waals surface area (Å²) in [6.07, 6.45) is 2.02. The molecule has 140 valence electrons. The zero-order valence-electron chi connectivity index (χ0n) is 15.4. The Morgan fingerprint density at radius 2 is 1.74 bits per heavy atom. The fraction of sp³-hybridized carbons (Fsp3) is 0.318. The molecule has 0 spiro atoms. The minimum absolute atomic E-state index is 0.105. The van der Waals surface area contributed by atoms with Gasteiger partial charge in [-0.2, -0.15) is 0 Å². The Kier molecular flexibility index (Phi) is 6.01. The minimum Gasteiger partial charge on any atom is -0.448 e. The van der Waals surface area contributed by atoms with Gasteiger partial charge >= 0.3 is 5.97 Å². The molecule has 2 aromatic rings. The molecule has 0 aromatic heterocycles. The number of carbonyl (C=O) groups excluding carboxylic acids is 3. The van der Waals surface area contributed by atoms with Crippen LogP contribution in [0.1, 0.15) is 47.7 Å². The van der Waals surface area contributed by atoms with Crippen molar-refractivity contribution >= 4 is 17.8 Å². The third-order valence-corrected chi connectivity index (χ3v) is 4.64. The standard InChI is InChI=1S/C22H23NO4/c1-2-3-7-16-10-12-18(13-11-16)22(26)27-19-14-20(24)23(21(19)25)15-17-8-5-4-6-9-17/h4-6,8-13,19H,2-3,7,14-15H2,1H3. The van der Waals surface area contributed by atoms with Crippen LogP contribution >= 0.6 is 0 Å². The van der Waals surface area contributed by atoms with Crippen molar-refractivity contribution in [2.75, 3.05) is 0 Å². The molecule has 5 heteroatoms. The quantitative estimate of drug-likeness (QED) is 0.556. The van der Waals surface area contributed by atoms with Crippen LogP contribution in [-0.4, -0.2) is 28.8 Å². The van der Waals surface area contributed by atoms with Gasteiger partial charge in [0.2, 0.25) is 5.91 Å². The van der Waals surface area contributed by atoms with Crippen LogP contribution in [0.5, 0.6) is 0 Å². The van der Waals surface area contributed by atoms with Crippen molar-refractivity contribution < 1.29 is 19.1 Å². The molecule has 5 nitrogen and oxygen atoms in total. The Hall–Kier alpha value is -2.95. The summed E-state index contributed by atoms with van der Waals surface area (Å²) in [5, 5.41) is 0. The van der Waals surface area contributed by atoms with E-state index in [1.54, 1.807) is 12.1 Å². The first-order chi connectivity index (χ1) is 13.1. The normalized spacial score (nSPS) is 16.6. The van der Waals surface area contributed by atoms with Crippen molar-refractivity contribution in [2.24, 2.45) is 0 Å². The Balaban J connectivity index is 1.61. The number of amides is 2. The molecule has 2 aromatic carbocycles. The van der Waals surface area contributed by atoms with E-state index >= 15 is 0 Å². The number of hydrogen-bond acceptors (Lipinski definition) is 4. The predicted molar refractivity (Wildman–Crippen MR) is 101 cm³/mol. The number of esters is 1. The number of carbonyl (C=O) groups is 3. The summed E-state index contributed by atoms with van der Waals surface area (Å²) in [6, 6.07) is 16.5. The topological polar surface area (TPSA) is 63.7 Å². The summed E-state index contributed by atoms with van der Waals surface area (Å²) in [5.41, 5.74) is 2.40. The first-order valence-corrected chi connectivity index (χ1v) is 9.26. The van der Waals surface area contributed by atoms with E-state index in [9.17, 15) is 14.4 Å².